The van der Waals surface area contributed by atoms with Crippen molar-refractivity contribution in [3.05, 3.63) is 58.7 Å². The third-order valence-corrected chi connectivity index (χ3v) is 8.35. The lowest BCUT2D eigenvalue weighted by molar-refractivity contribution is 0.0896. The van der Waals surface area contributed by atoms with Crippen LogP contribution in [0, 0.1) is 6.92 Å². The molecule has 166 valence electrons. The minimum Gasteiger partial charge on any atom is -0.484 e. The highest BCUT2D eigenvalue weighted by Crippen LogP contribution is 2.46. The lowest BCUT2D eigenvalue weighted by Crippen LogP contribution is -2.38. The van der Waals surface area contributed by atoms with Crippen LogP contribution in [0.3, 0.4) is 0 Å². The Morgan fingerprint density at radius 2 is 1.77 bits per heavy atom. The summed E-state index contributed by atoms with van der Waals surface area (Å²) in [5, 5.41) is 0. The first-order chi connectivity index (χ1) is 14.8. The average Bonchev–Trinajstić information content (AvgIpc) is 3.24. The zero-order valence-corrected chi connectivity index (χ0v) is 19.0. The van der Waals surface area contributed by atoms with Crippen LogP contribution >= 0.6 is 0 Å². The maximum Gasteiger partial charge on any atom is 0.175 e. The molecule has 3 unspecified atom stereocenters. The van der Waals surface area contributed by atoms with E-state index in [9.17, 15) is 12.8 Å². The number of rotatable bonds is 5. The largest absolute Gasteiger partial charge is 0.484 e. The zero-order chi connectivity index (χ0) is 21.8. The van der Waals surface area contributed by atoms with Gasteiger partial charge in [-0.25, -0.2) is 12.8 Å². The van der Waals surface area contributed by atoms with Gasteiger partial charge in [0, 0.05) is 19.3 Å². The van der Waals surface area contributed by atoms with Gasteiger partial charge in [0.15, 0.2) is 9.84 Å². The molecule has 0 spiro atoms. The number of aryl methyl sites for hydroxylation is 1. The molecule has 0 N–H and O–H groups in total. The van der Waals surface area contributed by atoms with Gasteiger partial charge in [0.1, 0.15) is 18.0 Å². The van der Waals surface area contributed by atoms with Crippen molar-refractivity contribution in [2.24, 2.45) is 0 Å². The van der Waals surface area contributed by atoms with E-state index in [0.29, 0.717) is 24.6 Å². The lowest BCUT2D eigenvalue weighted by atomic mass is 9.77. The maximum absolute atomic E-state index is 14.1. The Kier molecular flexibility index (Phi) is 5.33. The number of sulfone groups is 1. The number of hydrogen-bond donors (Lipinski definition) is 0. The molecular formula is C25H30FNO3S. The number of hydrogen-bond acceptors (Lipinski definition) is 4. The summed E-state index contributed by atoms with van der Waals surface area (Å²) in [6, 6.07) is 11.3. The van der Waals surface area contributed by atoms with Gasteiger partial charge in [0.05, 0.1) is 10.9 Å². The van der Waals surface area contributed by atoms with Gasteiger partial charge in [-0.15, -0.1) is 0 Å². The van der Waals surface area contributed by atoms with E-state index < -0.39 is 16.0 Å². The molecule has 1 saturated carbocycles. The molecule has 6 heteroatoms. The molecule has 0 aromatic heterocycles. The summed E-state index contributed by atoms with van der Waals surface area (Å²) in [6.45, 7) is 3.36. The number of likely N-dealkylation sites (tertiary alicyclic amines) is 1. The van der Waals surface area contributed by atoms with Crippen molar-refractivity contribution in [1.82, 2.24) is 4.90 Å². The Balaban J connectivity index is 1.50. The van der Waals surface area contributed by atoms with Gasteiger partial charge in [-0.1, -0.05) is 24.1 Å². The SMILES string of the molecule is Cc1cc(C2CCC2)c2c(c1)C(Oc1ccc(S(C)(=O)=O)cc1)C(N1CCC(F)C1)C2. The quantitative estimate of drug-likeness (QED) is 0.669. The zero-order valence-electron chi connectivity index (χ0n) is 18.2. The normalized spacial score (nSPS) is 26.6. The molecule has 2 aliphatic carbocycles. The van der Waals surface area contributed by atoms with E-state index in [4.69, 9.17) is 4.74 Å². The molecule has 4 nitrogen and oxygen atoms in total. The van der Waals surface area contributed by atoms with Crippen LogP contribution < -0.4 is 4.74 Å². The lowest BCUT2D eigenvalue weighted by Gasteiger charge is -2.30. The van der Waals surface area contributed by atoms with Crippen molar-refractivity contribution in [3.63, 3.8) is 0 Å². The predicted molar refractivity (Wildman–Crippen MR) is 119 cm³/mol. The van der Waals surface area contributed by atoms with Crippen LogP contribution in [0.4, 0.5) is 4.39 Å². The number of benzene rings is 2. The van der Waals surface area contributed by atoms with Gasteiger partial charge < -0.3 is 4.74 Å². The molecule has 31 heavy (non-hydrogen) atoms. The third kappa shape index (κ3) is 4.00. The fraction of sp³-hybridized carbons (Fsp3) is 0.520. The van der Waals surface area contributed by atoms with E-state index in [1.165, 1.54) is 47.8 Å². The van der Waals surface area contributed by atoms with E-state index in [0.717, 1.165) is 13.0 Å². The molecule has 3 aliphatic rings. The van der Waals surface area contributed by atoms with E-state index in [2.05, 4.69) is 24.0 Å². The molecule has 1 aliphatic heterocycles. The molecule has 1 saturated heterocycles. The molecule has 0 amide bonds. The molecule has 3 atom stereocenters. The van der Waals surface area contributed by atoms with E-state index in [-0.39, 0.29) is 17.0 Å². The Morgan fingerprint density at radius 1 is 1.06 bits per heavy atom. The van der Waals surface area contributed by atoms with Crippen LogP contribution in [0.25, 0.3) is 0 Å². The fourth-order valence-corrected chi connectivity index (χ4v) is 6.02. The second-order valence-electron chi connectivity index (χ2n) is 9.48. The summed E-state index contributed by atoms with van der Waals surface area (Å²) in [6.07, 6.45) is 5.51. The van der Waals surface area contributed by atoms with Crippen molar-refractivity contribution in [3.8, 4) is 5.75 Å². The van der Waals surface area contributed by atoms with Gasteiger partial charge in [0.2, 0.25) is 0 Å². The van der Waals surface area contributed by atoms with E-state index in [1.807, 2.05) is 0 Å². The van der Waals surface area contributed by atoms with Crippen molar-refractivity contribution < 1.29 is 17.5 Å². The topological polar surface area (TPSA) is 46.6 Å². The maximum atomic E-state index is 14.1. The van der Waals surface area contributed by atoms with Crippen LogP contribution in [-0.4, -0.2) is 44.9 Å². The van der Waals surface area contributed by atoms with E-state index >= 15 is 0 Å². The van der Waals surface area contributed by atoms with Crippen molar-refractivity contribution in [2.45, 2.75) is 68.2 Å². The Hall–Kier alpha value is -1.92. The summed E-state index contributed by atoms with van der Waals surface area (Å²) in [5.41, 5.74) is 5.31. The molecule has 2 fully saturated rings. The summed E-state index contributed by atoms with van der Waals surface area (Å²) in [7, 11) is -3.25. The standard InChI is InChI=1S/C25H30FNO3S/c1-16-12-21(17-4-3-5-17)22-14-24(27-11-10-18(26)15-27)25(23(22)13-16)30-19-6-8-20(9-7-19)31(2,28)29/h6-9,12-13,17-18,24-25H,3-5,10-11,14-15H2,1-2H3. The first kappa shape index (κ1) is 21.0. The van der Waals surface area contributed by atoms with Crippen molar-refractivity contribution >= 4 is 9.84 Å². The molecule has 2 aromatic rings. The Morgan fingerprint density at radius 3 is 2.35 bits per heavy atom. The van der Waals surface area contributed by atoms with Crippen LogP contribution in [0.1, 0.15) is 60.0 Å². The smallest absolute Gasteiger partial charge is 0.175 e. The molecular weight excluding hydrogens is 413 g/mol. The van der Waals surface area contributed by atoms with Gasteiger partial charge in [0.25, 0.3) is 0 Å². The first-order valence-corrected chi connectivity index (χ1v) is 13.2. The first-order valence-electron chi connectivity index (χ1n) is 11.3. The highest BCUT2D eigenvalue weighted by atomic mass is 32.2. The predicted octanol–water partition coefficient (Wildman–Crippen LogP) is 4.75. The second kappa shape index (κ2) is 7.89. The Bertz CT molecular complexity index is 1080. The van der Waals surface area contributed by atoms with Gasteiger partial charge in [-0.2, -0.15) is 0 Å². The number of alkyl halides is 1. The molecule has 5 rings (SSSR count). The van der Waals surface area contributed by atoms with Crippen molar-refractivity contribution in [1.29, 1.82) is 0 Å². The monoisotopic (exact) mass is 443 g/mol. The molecule has 0 radical (unpaired) electrons. The fourth-order valence-electron chi connectivity index (χ4n) is 5.39. The molecule has 2 aromatic carbocycles. The highest BCUT2D eigenvalue weighted by molar-refractivity contribution is 7.90. The molecule has 0 bridgehead atoms. The third-order valence-electron chi connectivity index (χ3n) is 7.22. The average molecular weight is 444 g/mol. The van der Waals surface area contributed by atoms with Gasteiger partial charge >= 0.3 is 0 Å². The summed E-state index contributed by atoms with van der Waals surface area (Å²) in [4.78, 5) is 2.53. The van der Waals surface area contributed by atoms with Crippen LogP contribution in [0.5, 0.6) is 5.75 Å². The van der Waals surface area contributed by atoms with Gasteiger partial charge in [-0.05, 0) is 79.5 Å². The number of fused-ring (bicyclic) bond motifs is 1. The summed E-state index contributed by atoms with van der Waals surface area (Å²) >= 11 is 0. The number of nitrogens with zero attached hydrogens (tertiary/aromatic N) is 1. The van der Waals surface area contributed by atoms with Crippen LogP contribution in [0.2, 0.25) is 0 Å². The molecule has 1 heterocycles. The highest BCUT2D eigenvalue weighted by Gasteiger charge is 2.42. The van der Waals surface area contributed by atoms with Crippen LogP contribution in [-0.2, 0) is 16.3 Å². The minimum absolute atomic E-state index is 0.103. The van der Waals surface area contributed by atoms with E-state index in [1.54, 1.807) is 24.3 Å². The Labute approximate surface area is 184 Å². The number of ether oxygens (including phenoxy) is 1. The van der Waals surface area contributed by atoms with Crippen LogP contribution in [0.15, 0.2) is 41.3 Å². The minimum atomic E-state index is -3.25. The second-order valence-corrected chi connectivity index (χ2v) is 11.5. The van der Waals surface area contributed by atoms with Crippen molar-refractivity contribution in [2.75, 3.05) is 19.3 Å². The number of halogens is 1. The summed E-state index contributed by atoms with van der Waals surface area (Å²) < 4.78 is 44.2. The van der Waals surface area contributed by atoms with Gasteiger partial charge in [-0.3, -0.25) is 4.90 Å². The summed E-state index contributed by atoms with van der Waals surface area (Å²) in [5.74, 6) is 1.28.